The standard InChI is InChI=1S/C15H19ClN2O3/c1-21-15(20)18-8-7-13(10-18)17-14(19)6-5-11-3-2-4-12(16)9-11/h2-4,9,13H,5-8,10H2,1H3,(H,17,19). The molecule has 0 radical (unpaired) electrons. The molecule has 1 aromatic carbocycles. The van der Waals surface area contributed by atoms with E-state index in [9.17, 15) is 9.59 Å². The topological polar surface area (TPSA) is 58.6 Å². The van der Waals surface area contributed by atoms with Gasteiger partial charge >= 0.3 is 6.09 Å². The molecule has 1 fully saturated rings. The SMILES string of the molecule is COC(=O)N1CCC(NC(=O)CCc2cccc(Cl)c2)C1. The second kappa shape index (κ2) is 7.31. The number of carbonyl (C=O) groups excluding carboxylic acids is 2. The van der Waals surface area contributed by atoms with Crippen molar-refractivity contribution in [1.29, 1.82) is 0 Å². The van der Waals surface area contributed by atoms with Crippen LogP contribution in [0.25, 0.3) is 0 Å². The molecule has 2 amide bonds. The fraction of sp³-hybridized carbons (Fsp3) is 0.467. The van der Waals surface area contributed by atoms with Gasteiger partial charge in [-0.15, -0.1) is 0 Å². The first-order chi connectivity index (χ1) is 10.1. The quantitative estimate of drug-likeness (QED) is 0.928. The summed E-state index contributed by atoms with van der Waals surface area (Å²) in [5, 5.41) is 3.63. The molecule has 0 aliphatic carbocycles. The Morgan fingerprint density at radius 2 is 2.29 bits per heavy atom. The van der Waals surface area contributed by atoms with Crippen LogP contribution in [0.2, 0.25) is 5.02 Å². The minimum absolute atomic E-state index is 0.00769. The van der Waals surface area contributed by atoms with Crippen LogP contribution < -0.4 is 5.32 Å². The minimum Gasteiger partial charge on any atom is -0.453 e. The summed E-state index contributed by atoms with van der Waals surface area (Å²) in [4.78, 5) is 24.9. The van der Waals surface area contributed by atoms with Gasteiger partial charge in [-0.1, -0.05) is 23.7 Å². The number of nitrogens with one attached hydrogen (secondary N) is 1. The minimum atomic E-state index is -0.342. The molecule has 5 nitrogen and oxygen atoms in total. The van der Waals surface area contributed by atoms with Crippen molar-refractivity contribution in [1.82, 2.24) is 10.2 Å². The van der Waals surface area contributed by atoms with Gasteiger partial charge in [-0.05, 0) is 30.5 Å². The zero-order chi connectivity index (χ0) is 15.2. The lowest BCUT2D eigenvalue weighted by Crippen LogP contribution is -2.38. The molecule has 0 aromatic heterocycles. The molecule has 114 valence electrons. The van der Waals surface area contributed by atoms with E-state index < -0.39 is 0 Å². The molecule has 1 aliphatic rings. The van der Waals surface area contributed by atoms with Crippen LogP contribution in [-0.2, 0) is 16.0 Å². The molecule has 6 heteroatoms. The highest BCUT2D eigenvalue weighted by atomic mass is 35.5. The average molecular weight is 311 g/mol. The third-order valence-electron chi connectivity index (χ3n) is 3.52. The summed E-state index contributed by atoms with van der Waals surface area (Å²) in [6.45, 7) is 1.13. The van der Waals surface area contributed by atoms with Crippen LogP contribution in [-0.4, -0.2) is 43.1 Å². The fourth-order valence-electron chi connectivity index (χ4n) is 2.42. The van der Waals surface area contributed by atoms with Gasteiger partial charge in [0.25, 0.3) is 0 Å². The van der Waals surface area contributed by atoms with Gasteiger partial charge in [-0.3, -0.25) is 4.79 Å². The van der Waals surface area contributed by atoms with Gasteiger partial charge in [0.1, 0.15) is 0 Å². The molecule has 0 bridgehead atoms. The van der Waals surface area contributed by atoms with Gasteiger partial charge in [0.15, 0.2) is 0 Å². The summed E-state index contributed by atoms with van der Waals surface area (Å²) in [6, 6.07) is 7.51. The molecule has 2 rings (SSSR count). The van der Waals surface area contributed by atoms with Gasteiger partial charge in [-0.25, -0.2) is 4.79 Å². The molecule has 1 N–H and O–H groups in total. The molecular formula is C15H19ClN2O3. The zero-order valence-electron chi connectivity index (χ0n) is 12.0. The number of nitrogens with zero attached hydrogens (tertiary/aromatic N) is 1. The maximum absolute atomic E-state index is 11.9. The Bertz CT molecular complexity index is 521. The number of aryl methyl sites for hydroxylation is 1. The summed E-state index contributed by atoms with van der Waals surface area (Å²) in [5.74, 6) is -0.00769. The summed E-state index contributed by atoms with van der Waals surface area (Å²) in [7, 11) is 1.36. The highest BCUT2D eigenvalue weighted by molar-refractivity contribution is 6.30. The van der Waals surface area contributed by atoms with Crippen LogP contribution in [0.4, 0.5) is 4.79 Å². The number of carbonyl (C=O) groups is 2. The van der Waals surface area contributed by atoms with Gasteiger partial charge in [0, 0.05) is 30.6 Å². The number of rotatable bonds is 4. The zero-order valence-corrected chi connectivity index (χ0v) is 12.7. The van der Waals surface area contributed by atoms with E-state index in [0.29, 0.717) is 31.0 Å². The van der Waals surface area contributed by atoms with Gasteiger partial charge < -0.3 is 15.0 Å². The lowest BCUT2D eigenvalue weighted by atomic mass is 10.1. The molecular weight excluding hydrogens is 292 g/mol. The van der Waals surface area contributed by atoms with Crippen LogP contribution in [0.5, 0.6) is 0 Å². The smallest absolute Gasteiger partial charge is 0.409 e. The Kier molecular flexibility index (Phi) is 5.44. The lowest BCUT2D eigenvalue weighted by molar-refractivity contribution is -0.121. The maximum Gasteiger partial charge on any atom is 0.409 e. The van der Waals surface area contributed by atoms with Gasteiger partial charge in [0.05, 0.1) is 7.11 Å². The lowest BCUT2D eigenvalue weighted by Gasteiger charge is -2.15. The molecule has 1 heterocycles. The average Bonchev–Trinajstić information content (AvgIpc) is 2.93. The predicted octanol–water partition coefficient (Wildman–Crippen LogP) is 2.23. The second-order valence-corrected chi connectivity index (χ2v) is 5.54. The van der Waals surface area contributed by atoms with Crippen LogP contribution in [0.1, 0.15) is 18.4 Å². The molecule has 0 saturated carbocycles. The molecule has 1 saturated heterocycles. The normalized spacial score (nSPS) is 17.6. The molecule has 1 aromatic rings. The first kappa shape index (κ1) is 15.6. The number of benzene rings is 1. The third-order valence-corrected chi connectivity index (χ3v) is 3.75. The Morgan fingerprint density at radius 3 is 3.00 bits per heavy atom. The Morgan fingerprint density at radius 1 is 1.48 bits per heavy atom. The fourth-order valence-corrected chi connectivity index (χ4v) is 2.64. The molecule has 1 atom stereocenters. The Labute approximate surface area is 129 Å². The van der Waals surface area contributed by atoms with Crippen LogP contribution >= 0.6 is 11.6 Å². The number of methoxy groups -OCH3 is 1. The molecule has 0 spiro atoms. The highest BCUT2D eigenvalue weighted by Crippen LogP contribution is 2.13. The first-order valence-corrected chi connectivity index (χ1v) is 7.33. The first-order valence-electron chi connectivity index (χ1n) is 6.95. The largest absolute Gasteiger partial charge is 0.453 e. The van der Waals surface area contributed by atoms with Gasteiger partial charge in [0.2, 0.25) is 5.91 Å². The van der Waals surface area contributed by atoms with E-state index in [1.54, 1.807) is 4.90 Å². The summed E-state index contributed by atoms with van der Waals surface area (Å²) in [5.41, 5.74) is 1.04. The van der Waals surface area contributed by atoms with Crippen LogP contribution in [0.15, 0.2) is 24.3 Å². The van der Waals surface area contributed by atoms with E-state index >= 15 is 0 Å². The number of amides is 2. The van der Waals surface area contributed by atoms with E-state index in [-0.39, 0.29) is 18.0 Å². The van der Waals surface area contributed by atoms with E-state index in [4.69, 9.17) is 11.6 Å². The Hall–Kier alpha value is -1.75. The van der Waals surface area contributed by atoms with Crippen LogP contribution in [0.3, 0.4) is 0 Å². The third kappa shape index (κ3) is 4.63. The number of hydrogen-bond donors (Lipinski definition) is 1. The molecule has 1 aliphatic heterocycles. The summed E-state index contributed by atoms with van der Waals surface area (Å²) in [6.07, 6.45) is 1.48. The monoisotopic (exact) mass is 310 g/mol. The van der Waals surface area contributed by atoms with E-state index in [1.807, 2.05) is 24.3 Å². The van der Waals surface area contributed by atoms with Crippen molar-refractivity contribution in [3.63, 3.8) is 0 Å². The number of halogens is 1. The van der Waals surface area contributed by atoms with Crippen molar-refractivity contribution >= 4 is 23.6 Å². The summed E-state index contributed by atoms with van der Waals surface area (Å²) >= 11 is 5.91. The summed E-state index contributed by atoms with van der Waals surface area (Å²) < 4.78 is 4.67. The molecule has 1 unspecified atom stereocenters. The van der Waals surface area contributed by atoms with Gasteiger partial charge in [-0.2, -0.15) is 0 Å². The predicted molar refractivity (Wildman–Crippen MR) is 80.3 cm³/mol. The highest BCUT2D eigenvalue weighted by Gasteiger charge is 2.27. The van der Waals surface area contributed by atoms with Crippen molar-refractivity contribution in [2.24, 2.45) is 0 Å². The number of likely N-dealkylation sites (tertiary alicyclic amines) is 1. The van der Waals surface area contributed by atoms with E-state index in [1.165, 1.54) is 7.11 Å². The van der Waals surface area contributed by atoms with Crippen molar-refractivity contribution in [3.05, 3.63) is 34.9 Å². The second-order valence-electron chi connectivity index (χ2n) is 5.10. The molecule has 21 heavy (non-hydrogen) atoms. The van der Waals surface area contributed by atoms with Crippen molar-refractivity contribution in [2.75, 3.05) is 20.2 Å². The van der Waals surface area contributed by atoms with Crippen molar-refractivity contribution < 1.29 is 14.3 Å². The van der Waals surface area contributed by atoms with E-state index in [2.05, 4.69) is 10.1 Å². The van der Waals surface area contributed by atoms with Crippen LogP contribution in [0, 0.1) is 0 Å². The Balaban J connectivity index is 1.74. The number of hydrogen-bond acceptors (Lipinski definition) is 3. The maximum atomic E-state index is 11.9. The number of ether oxygens (including phenoxy) is 1. The van der Waals surface area contributed by atoms with Crippen molar-refractivity contribution in [2.45, 2.75) is 25.3 Å². The van der Waals surface area contributed by atoms with E-state index in [0.717, 1.165) is 12.0 Å². The van der Waals surface area contributed by atoms with Crippen molar-refractivity contribution in [3.8, 4) is 0 Å².